The zero-order chi connectivity index (χ0) is 22.6. The molecule has 0 atom stereocenters. The third-order valence-corrected chi connectivity index (χ3v) is 6.68. The first kappa shape index (κ1) is 23.2. The summed E-state index contributed by atoms with van der Waals surface area (Å²) in [6.07, 6.45) is 0.297. The van der Waals surface area contributed by atoms with E-state index in [0.717, 1.165) is 56.0 Å². The summed E-state index contributed by atoms with van der Waals surface area (Å²) in [5, 5.41) is 2.12. The predicted octanol–water partition coefficient (Wildman–Crippen LogP) is 5.10. The van der Waals surface area contributed by atoms with Gasteiger partial charge in [0.05, 0.1) is 11.3 Å². The van der Waals surface area contributed by atoms with E-state index in [0.29, 0.717) is 12.8 Å². The van der Waals surface area contributed by atoms with Gasteiger partial charge in [0.2, 0.25) is 10.0 Å². The van der Waals surface area contributed by atoms with Gasteiger partial charge in [-0.1, -0.05) is 37.8 Å². The van der Waals surface area contributed by atoms with E-state index in [2.05, 4.69) is 10.0 Å². The van der Waals surface area contributed by atoms with Crippen LogP contribution in [0.5, 0.6) is 0 Å². The second-order valence-electron chi connectivity index (χ2n) is 7.45. The first-order valence-electron chi connectivity index (χ1n) is 9.87. The normalized spacial score (nSPS) is 16.0. The van der Waals surface area contributed by atoms with Gasteiger partial charge < -0.3 is 5.32 Å². The standard InChI is InChI=1S/C21H22F4N2O3S/c22-17-12-11-14(20(28)26-18-10-6-5-9-16(18)21(23,24)25)13-19(17)31(29,30)27-15-7-3-1-2-4-8-15/h5-6,9-13,15,27H,1-4,7-8H2,(H,26,28). The molecule has 2 N–H and O–H groups in total. The van der Waals surface area contributed by atoms with Crippen LogP contribution in [0.25, 0.3) is 0 Å². The van der Waals surface area contributed by atoms with Gasteiger partial charge in [-0.3, -0.25) is 4.79 Å². The summed E-state index contributed by atoms with van der Waals surface area (Å²) in [6, 6.07) is 6.73. The molecule has 1 aliphatic carbocycles. The molecule has 10 heteroatoms. The van der Waals surface area contributed by atoms with Crippen LogP contribution < -0.4 is 10.0 Å². The van der Waals surface area contributed by atoms with Crippen molar-refractivity contribution >= 4 is 21.6 Å². The maximum atomic E-state index is 14.3. The van der Waals surface area contributed by atoms with E-state index in [1.54, 1.807) is 0 Å². The largest absolute Gasteiger partial charge is 0.418 e. The van der Waals surface area contributed by atoms with Crippen molar-refractivity contribution in [3.63, 3.8) is 0 Å². The molecule has 5 nitrogen and oxygen atoms in total. The summed E-state index contributed by atoms with van der Waals surface area (Å²) >= 11 is 0. The Kier molecular flexibility index (Phi) is 7.00. The third-order valence-electron chi connectivity index (χ3n) is 5.14. The van der Waals surface area contributed by atoms with Crippen LogP contribution in [0.2, 0.25) is 0 Å². The van der Waals surface area contributed by atoms with Crippen molar-refractivity contribution in [3.8, 4) is 0 Å². The van der Waals surface area contributed by atoms with Crippen LogP contribution in [0.1, 0.15) is 54.4 Å². The average Bonchev–Trinajstić information content (AvgIpc) is 2.96. The van der Waals surface area contributed by atoms with Gasteiger partial charge >= 0.3 is 6.18 Å². The molecule has 1 aliphatic rings. The number of hydrogen-bond acceptors (Lipinski definition) is 3. The van der Waals surface area contributed by atoms with Gasteiger partial charge in [-0.25, -0.2) is 17.5 Å². The summed E-state index contributed by atoms with van der Waals surface area (Å²) in [4.78, 5) is 11.8. The maximum absolute atomic E-state index is 14.3. The summed E-state index contributed by atoms with van der Waals surface area (Å²) < 4.78 is 81.7. The minimum atomic E-state index is -4.69. The van der Waals surface area contributed by atoms with Crippen LogP contribution in [0, 0.1) is 5.82 Å². The molecule has 1 amide bonds. The Balaban J connectivity index is 1.85. The second kappa shape index (κ2) is 9.35. The molecule has 0 aromatic heterocycles. The Morgan fingerprint density at radius 3 is 2.26 bits per heavy atom. The highest BCUT2D eigenvalue weighted by atomic mass is 32.2. The molecule has 168 valence electrons. The Morgan fingerprint density at radius 1 is 0.968 bits per heavy atom. The molecule has 0 aliphatic heterocycles. The van der Waals surface area contributed by atoms with Crippen LogP contribution in [-0.2, 0) is 16.2 Å². The van der Waals surface area contributed by atoms with Crippen LogP contribution in [0.15, 0.2) is 47.4 Å². The molecule has 2 aromatic carbocycles. The van der Waals surface area contributed by atoms with Gasteiger partial charge in [-0.2, -0.15) is 13.2 Å². The van der Waals surface area contributed by atoms with Gasteiger partial charge in [-0.15, -0.1) is 0 Å². The fourth-order valence-corrected chi connectivity index (χ4v) is 4.97. The van der Waals surface area contributed by atoms with E-state index in [9.17, 15) is 30.8 Å². The third kappa shape index (κ3) is 5.82. The molecule has 2 aromatic rings. The van der Waals surface area contributed by atoms with Crippen molar-refractivity contribution in [3.05, 3.63) is 59.4 Å². The molecule has 1 fully saturated rings. The predicted molar refractivity (Wildman–Crippen MR) is 108 cm³/mol. The Hall–Kier alpha value is -2.46. The number of hydrogen-bond donors (Lipinski definition) is 2. The Labute approximate surface area is 177 Å². The van der Waals surface area contributed by atoms with E-state index < -0.39 is 44.1 Å². The Morgan fingerprint density at radius 2 is 1.61 bits per heavy atom. The number of alkyl halides is 3. The molecule has 0 radical (unpaired) electrons. The monoisotopic (exact) mass is 458 g/mol. The molecular weight excluding hydrogens is 436 g/mol. The average molecular weight is 458 g/mol. The van der Waals surface area contributed by atoms with Crippen molar-refractivity contribution in [1.82, 2.24) is 4.72 Å². The lowest BCUT2D eigenvalue weighted by Crippen LogP contribution is -2.35. The number of halogens is 4. The summed E-state index contributed by atoms with van der Waals surface area (Å²) in [6.45, 7) is 0. The van der Waals surface area contributed by atoms with Crippen molar-refractivity contribution < 1.29 is 30.8 Å². The highest BCUT2D eigenvalue weighted by Gasteiger charge is 2.34. The van der Waals surface area contributed by atoms with E-state index in [4.69, 9.17) is 0 Å². The number of carbonyl (C=O) groups excluding carboxylic acids is 1. The number of carbonyl (C=O) groups is 1. The zero-order valence-corrected chi connectivity index (χ0v) is 17.3. The van der Waals surface area contributed by atoms with Crippen molar-refractivity contribution in [1.29, 1.82) is 0 Å². The second-order valence-corrected chi connectivity index (χ2v) is 9.13. The molecule has 0 bridgehead atoms. The van der Waals surface area contributed by atoms with Crippen molar-refractivity contribution in [2.75, 3.05) is 5.32 Å². The van der Waals surface area contributed by atoms with Crippen molar-refractivity contribution in [2.24, 2.45) is 0 Å². The zero-order valence-electron chi connectivity index (χ0n) is 16.5. The number of amides is 1. The number of rotatable bonds is 5. The van der Waals surface area contributed by atoms with Gasteiger partial charge in [0.1, 0.15) is 10.7 Å². The maximum Gasteiger partial charge on any atom is 0.418 e. The van der Waals surface area contributed by atoms with Gasteiger partial charge in [0.15, 0.2) is 0 Å². The van der Waals surface area contributed by atoms with Crippen LogP contribution in [0.3, 0.4) is 0 Å². The highest BCUT2D eigenvalue weighted by Crippen LogP contribution is 2.34. The number of sulfonamides is 1. The van der Waals surface area contributed by atoms with Gasteiger partial charge in [-0.05, 0) is 43.2 Å². The summed E-state index contributed by atoms with van der Waals surface area (Å²) in [5.41, 5.74) is -1.81. The lowest BCUT2D eigenvalue weighted by atomic mass is 10.1. The lowest BCUT2D eigenvalue weighted by molar-refractivity contribution is -0.136. The van der Waals surface area contributed by atoms with E-state index >= 15 is 0 Å². The van der Waals surface area contributed by atoms with Gasteiger partial charge in [0, 0.05) is 11.6 Å². The minimum Gasteiger partial charge on any atom is -0.321 e. The molecule has 1 saturated carbocycles. The number of para-hydroxylation sites is 1. The fourth-order valence-electron chi connectivity index (χ4n) is 3.56. The molecule has 0 spiro atoms. The summed E-state index contributed by atoms with van der Waals surface area (Å²) in [5.74, 6) is -2.03. The molecule has 0 saturated heterocycles. The van der Waals surface area contributed by atoms with Crippen LogP contribution >= 0.6 is 0 Å². The number of nitrogens with one attached hydrogen (secondary N) is 2. The van der Waals surface area contributed by atoms with E-state index in [-0.39, 0.29) is 11.6 Å². The molecule has 3 rings (SSSR count). The first-order chi connectivity index (χ1) is 14.6. The van der Waals surface area contributed by atoms with Crippen LogP contribution in [-0.4, -0.2) is 20.4 Å². The fraction of sp³-hybridized carbons (Fsp3) is 0.381. The lowest BCUT2D eigenvalue weighted by Gasteiger charge is -2.17. The molecular formula is C21H22F4N2O3S. The summed E-state index contributed by atoms with van der Waals surface area (Å²) in [7, 11) is -4.25. The highest BCUT2D eigenvalue weighted by molar-refractivity contribution is 7.89. The van der Waals surface area contributed by atoms with E-state index in [1.165, 1.54) is 12.1 Å². The first-order valence-corrected chi connectivity index (χ1v) is 11.4. The van der Waals surface area contributed by atoms with Gasteiger partial charge in [0.25, 0.3) is 5.91 Å². The minimum absolute atomic E-state index is 0.278. The molecule has 31 heavy (non-hydrogen) atoms. The van der Waals surface area contributed by atoms with E-state index in [1.807, 2.05) is 0 Å². The number of anilines is 1. The Bertz CT molecular complexity index is 1050. The van der Waals surface area contributed by atoms with Crippen LogP contribution in [0.4, 0.5) is 23.2 Å². The smallest absolute Gasteiger partial charge is 0.321 e. The SMILES string of the molecule is O=C(Nc1ccccc1C(F)(F)F)c1ccc(F)c(S(=O)(=O)NC2CCCCCC2)c1. The molecule has 0 unspecified atom stereocenters. The topological polar surface area (TPSA) is 75.3 Å². The van der Waals surface area contributed by atoms with Crippen molar-refractivity contribution in [2.45, 2.75) is 55.6 Å². The quantitative estimate of drug-likeness (QED) is 0.484. The number of benzene rings is 2. The molecule has 0 heterocycles.